The van der Waals surface area contributed by atoms with E-state index in [1.54, 1.807) is 16.7 Å². The number of aromatic nitrogens is 2. The van der Waals surface area contributed by atoms with Crippen LogP contribution < -0.4 is 0 Å². The van der Waals surface area contributed by atoms with Gasteiger partial charge in [-0.1, -0.05) is 29.8 Å². The first-order valence-corrected chi connectivity index (χ1v) is 7.38. The van der Waals surface area contributed by atoms with E-state index < -0.39 is 0 Å². The molecule has 0 spiro atoms. The number of halogens is 3. The summed E-state index contributed by atoms with van der Waals surface area (Å²) in [6.07, 6.45) is 0. The molecular formula is C16H13Cl2FN2. The smallest absolute Gasteiger partial charge is 0.147 e. The van der Waals surface area contributed by atoms with Gasteiger partial charge in [0.25, 0.3) is 0 Å². The van der Waals surface area contributed by atoms with Crippen LogP contribution in [0.4, 0.5) is 4.39 Å². The molecule has 0 N–H and O–H groups in total. The van der Waals surface area contributed by atoms with Crippen LogP contribution in [0.1, 0.15) is 23.7 Å². The Morgan fingerprint density at radius 1 is 1.19 bits per heavy atom. The third kappa shape index (κ3) is 2.30. The molecule has 2 nitrogen and oxygen atoms in total. The topological polar surface area (TPSA) is 17.8 Å². The van der Waals surface area contributed by atoms with Crippen molar-refractivity contribution in [2.24, 2.45) is 0 Å². The van der Waals surface area contributed by atoms with Crippen LogP contribution in [0, 0.1) is 12.7 Å². The molecule has 21 heavy (non-hydrogen) atoms. The highest BCUT2D eigenvalue weighted by molar-refractivity contribution is 6.35. The zero-order valence-corrected chi connectivity index (χ0v) is 13.1. The highest BCUT2D eigenvalue weighted by atomic mass is 35.5. The van der Waals surface area contributed by atoms with E-state index in [4.69, 9.17) is 23.2 Å². The summed E-state index contributed by atoms with van der Waals surface area (Å²) in [6.45, 7) is 3.67. The third-order valence-corrected chi connectivity index (χ3v) is 3.93. The summed E-state index contributed by atoms with van der Waals surface area (Å²) in [5.41, 5.74) is 2.65. The average molecular weight is 323 g/mol. The molecule has 1 aromatic heterocycles. The molecule has 0 amide bonds. The molecule has 0 aliphatic heterocycles. The number of hydrogen-bond donors (Lipinski definition) is 0. The number of fused-ring (bicyclic) bond motifs is 1. The van der Waals surface area contributed by atoms with E-state index in [0.29, 0.717) is 22.1 Å². The SMILES string of the molecule is Cc1cccc(F)c1-n1c(C(C)Cl)nc2c(Cl)cccc21. The molecule has 1 atom stereocenters. The lowest BCUT2D eigenvalue weighted by Crippen LogP contribution is -2.06. The van der Waals surface area contributed by atoms with Gasteiger partial charge < -0.3 is 0 Å². The van der Waals surface area contributed by atoms with Crippen molar-refractivity contribution in [2.45, 2.75) is 19.2 Å². The second-order valence-corrected chi connectivity index (χ2v) is 6.00. The Morgan fingerprint density at radius 2 is 1.90 bits per heavy atom. The number of nitrogens with zero attached hydrogens (tertiary/aromatic N) is 2. The van der Waals surface area contributed by atoms with Crippen molar-refractivity contribution >= 4 is 34.2 Å². The Hall–Kier alpha value is -1.58. The zero-order chi connectivity index (χ0) is 15.1. The van der Waals surface area contributed by atoms with Crippen molar-refractivity contribution in [2.75, 3.05) is 0 Å². The molecule has 1 unspecified atom stereocenters. The second kappa shape index (κ2) is 5.32. The van der Waals surface area contributed by atoms with Crippen LogP contribution in [-0.2, 0) is 0 Å². The van der Waals surface area contributed by atoms with E-state index in [1.807, 2.05) is 32.0 Å². The fourth-order valence-electron chi connectivity index (χ4n) is 2.49. The quantitative estimate of drug-likeness (QED) is 0.575. The number of hydrogen-bond acceptors (Lipinski definition) is 1. The Kier molecular flexibility index (Phi) is 3.64. The number of rotatable bonds is 2. The van der Waals surface area contributed by atoms with Crippen LogP contribution >= 0.6 is 23.2 Å². The summed E-state index contributed by atoms with van der Waals surface area (Å²) in [4.78, 5) is 4.50. The summed E-state index contributed by atoms with van der Waals surface area (Å²) in [5.74, 6) is 0.265. The first kappa shape index (κ1) is 14.4. The molecule has 3 aromatic rings. The molecule has 0 radical (unpaired) electrons. The number of para-hydroxylation sites is 2. The van der Waals surface area contributed by atoms with Crippen molar-refractivity contribution in [3.8, 4) is 5.69 Å². The Balaban J connectivity index is 2.46. The first-order valence-electron chi connectivity index (χ1n) is 6.57. The number of imidazole rings is 1. The van der Waals surface area contributed by atoms with Crippen molar-refractivity contribution in [1.82, 2.24) is 9.55 Å². The van der Waals surface area contributed by atoms with Gasteiger partial charge in [-0.25, -0.2) is 9.37 Å². The van der Waals surface area contributed by atoms with Gasteiger partial charge in [-0.05, 0) is 37.6 Å². The van der Waals surface area contributed by atoms with Gasteiger partial charge in [-0.3, -0.25) is 4.57 Å². The standard InChI is InChI=1S/C16H13Cl2FN2/c1-9-5-3-7-12(19)15(9)21-13-8-4-6-11(18)14(13)20-16(21)10(2)17/h3-8,10H,1-2H3. The molecular weight excluding hydrogens is 310 g/mol. The highest BCUT2D eigenvalue weighted by Crippen LogP contribution is 2.33. The van der Waals surface area contributed by atoms with Crippen LogP contribution in [0.3, 0.4) is 0 Å². The molecule has 1 heterocycles. The average Bonchev–Trinajstić information content (AvgIpc) is 2.80. The third-order valence-electron chi connectivity index (χ3n) is 3.43. The van der Waals surface area contributed by atoms with Gasteiger partial charge in [-0.2, -0.15) is 0 Å². The first-order chi connectivity index (χ1) is 10.0. The van der Waals surface area contributed by atoms with Crippen LogP contribution in [0.5, 0.6) is 0 Å². The normalized spacial score (nSPS) is 12.8. The maximum absolute atomic E-state index is 14.4. The van der Waals surface area contributed by atoms with Crippen molar-refractivity contribution in [3.05, 3.63) is 58.6 Å². The minimum atomic E-state index is -0.368. The molecule has 0 saturated heterocycles. The van der Waals surface area contributed by atoms with Crippen LogP contribution in [0.2, 0.25) is 5.02 Å². The van der Waals surface area contributed by atoms with E-state index in [2.05, 4.69) is 4.98 Å². The van der Waals surface area contributed by atoms with Gasteiger partial charge in [0.05, 0.1) is 21.6 Å². The number of alkyl halides is 1. The van der Waals surface area contributed by atoms with Crippen molar-refractivity contribution < 1.29 is 4.39 Å². The Morgan fingerprint density at radius 3 is 2.57 bits per heavy atom. The summed E-state index contributed by atoms with van der Waals surface area (Å²) < 4.78 is 16.1. The predicted octanol–water partition coefficient (Wildman–Crippen LogP) is 5.43. The number of benzene rings is 2. The van der Waals surface area contributed by atoms with Crippen molar-refractivity contribution in [1.29, 1.82) is 0 Å². The number of aryl methyl sites for hydroxylation is 1. The van der Waals surface area contributed by atoms with E-state index >= 15 is 0 Å². The maximum atomic E-state index is 14.4. The molecule has 0 bridgehead atoms. The van der Waals surface area contributed by atoms with Gasteiger partial charge >= 0.3 is 0 Å². The fraction of sp³-hybridized carbons (Fsp3) is 0.188. The van der Waals surface area contributed by atoms with Gasteiger partial charge in [0.1, 0.15) is 17.2 Å². The Labute approximate surface area is 132 Å². The van der Waals surface area contributed by atoms with E-state index in [9.17, 15) is 4.39 Å². The predicted molar refractivity (Wildman–Crippen MR) is 85.0 cm³/mol. The minimum Gasteiger partial charge on any atom is -0.292 e. The van der Waals surface area contributed by atoms with Gasteiger partial charge in [0.15, 0.2) is 0 Å². The molecule has 108 valence electrons. The van der Waals surface area contributed by atoms with Gasteiger partial charge in [0, 0.05) is 0 Å². The Bertz CT molecular complexity index is 804. The molecule has 0 fully saturated rings. The summed E-state index contributed by atoms with van der Waals surface area (Å²) in [7, 11) is 0. The molecule has 0 aliphatic rings. The monoisotopic (exact) mass is 322 g/mol. The van der Waals surface area contributed by atoms with Gasteiger partial charge in [0.2, 0.25) is 0 Å². The molecule has 3 rings (SSSR count). The molecule has 2 aromatic carbocycles. The van der Waals surface area contributed by atoms with E-state index in [1.165, 1.54) is 6.07 Å². The summed E-state index contributed by atoms with van der Waals surface area (Å²) in [5, 5.41) is 0.159. The lowest BCUT2D eigenvalue weighted by molar-refractivity contribution is 0.615. The second-order valence-electron chi connectivity index (χ2n) is 4.93. The van der Waals surface area contributed by atoms with E-state index in [-0.39, 0.29) is 11.2 Å². The molecule has 5 heteroatoms. The lowest BCUT2D eigenvalue weighted by Gasteiger charge is -2.14. The maximum Gasteiger partial charge on any atom is 0.147 e. The molecule has 0 saturated carbocycles. The van der Waals surface area contributed by atoms with Crippen LogP contribution in [-0.4, -0.2) is 9.55 Å². The van der Waals surface area contributed by atoms with E-state index in [0.717, 1.165) is 11.1 Å². The van der Waals surface area contributed by atoms with Gasteiger partial charge in [-0.15, -0.1) is 11.6 Å². The van der Waals surface area contributed by atoms with Crippen LogP contribution in [0.15, 0.2) is 36.4 Å². The summed E-state index contributed by atoms with van der Waals surface area (Å²) >= 11 is 12.4. The zero-order valence-electron chi connectivity index (χ0n) is 11.6. The molecule has 0 aliphatic carbocycles. The fourth-order valence-corrected chi connectivity index (χ4v) is 2.85. The largest absolute Gasteiger partial charge is 0.292 e. The minimum absolute atomic E-state index is 0.312. The lowest BCUT2D eigenvalue weighted by atomic mass is 10.1. The summed E-state index contributed by atoms with van der Waals surface area (Å²) in [6, 6.07) is 10.4. The van der Waals surface area contributed by atoms with Crippen LogP contribution in [0.25, 0.3) is 16.7 Å². The van der Waals surface area contributed by atoms with Crippen molar-refractivity contribution in [3.63, 3.8) is 0 Å². The highest BCUT2D eigenvalue weighted by Gasteiger charge is 2.20.